The molecule has 1 unspecified atom stereocenters. The zero-order valence-corrected chi connectivity index (χ0v) is 13.8. The van der Waals surface area contributed by atoms with Crippen molar-refractivity contribution in [3.05, 3.63) is 37.0 Å². The lowest BCUT2D eigenvalue weighted by atomic mass is 10.1. The lowest BCUT2D eigenvalue weighted by Gasteiger charge is -1.99. The van der Waals surface area contributed by atoms with Crippen LogP contribution in [0.25, 0.3) is 0 Å². The minimum Gasteiger partial charge on any atom is -0.478 e. The number of nitrogens with zero attached hydrogens (tertiary/aromatic N) is 1. The van der Waals surface area contributed by atoms with E-state index < -0.39 is 5.97 Å². The van der Waals surface area contributed by atoms with Crippen molar-refractivity contribution in [1.29, 1.82) is 5.26 Å². The Labute approximate surface area is 137 Å². The van der Waals surface area contributed by atoms with Crippen LogP contribution in [0.4, 0.5) is 0 Å². The summed E-state index contributed by atoms with van der Waals surface area (Å²) in [4.78, 5) is 20.8. The molecule has 1 rings (SSSR count). The fourth-order valence-corrected chi connectivity index (χ4v) is 0.953. The summed E-state index contributed by atoms with van der Waals surface area (Å²) in [5.41, 5.74) is 0.748. The van der Waals surface area contributed by atoms with Crippen LogP contribution in [0.15, 0.2) is 37.0 Å². The topological polar surface area (TPSA) is 99.9 Å². The van der Waals surface area contributed by atoms with Gasteiger partial charge in [0.15, 0.2) is 0 Å². The minimum absolute atomic E-state index is 0.142. The molecule has 128 valence electrons. The van der Waals surface area contributed by atoms with Crippen LogP contribution in [-0.4, -0.2) is 36.4 Å². The molecular formula is C17H25NO5. The SMILES string of the molecule is C=C(C)C(=O)OCC1CO1.C=C(CCCC)C(=O)O.C=CC#N. The number of carbonyl (C=O) groups is 2. The van der Waals surface area contributed by atoms with Gasteiger partial charge in [0.1, 0.15) is 12.7 Å². The predicted molar refractivity (Wildman–Crippen MR) is 87.6 cm³/mol. The summed E-state index contributed by atoms with van der Waals surface area (Å²) in [6.45, 7) is 14.7. The zero-order valence-electron chi connectivity index (χ0n) is 13.8. The third-order valence-electron chi connectivity index (χ3n) is 2.38. The number of hydrogen-bond acceptors (Lipinski definition) is 5. The van der Waals surface area contributed by atoms with Gasteiger partial charge >= 0.3 is 11.9 Å². The first-order valence-corrected chi connectivity index (χ1v) is 7.15. The molecule has 0 amide bonds. The summed E-state index contributed by atoms with van der Waals surface area (Å²) < 4.78 is 9.60. The van der Waals surface area contributed by atoms with Gasteiger partial charge in [-0.1, -0.05) is 33.1 Å². The van der Waals surface area contributed by atoms with Gasteiger partial charge in [0, 0.05) is 17.2 Å². The average Bonchev–Trinajstić information content (AvgIpc) is 3.35. The molecular weight excluding hydrogens is 298 g/mol. The van der Waals surface area contributed by atoms with Crippen LogP contribution in [0.2, 0.25) is 0 Å². The average molecular weight is 323 g/mol. The quantitative estimate of drug-likeness (QED) is 0.334. The van der Waals surface area contributed by atoms with Gasteiger partial charge in [-0.2, -0.15) is 5.26 Å². The zero-order chi connectivity index (χ0) is 18.3. The molecule has 1 aliphatic rings. The number of esters is 1. The summed E-state index contributed by atoms with van der Waals surface area (Å²) in [7, 11) is 0. The van der Waals surface area contributed by atoms with Gasteiger partial charge in [-0.15, -0.1) is 0 Å². The number of carbonyl (C=O) groups excluding carboxylic acids is 1. The number of epoxide rings is 1. The third kappa shape index (κ3) is 17.6. The molecule has 0 aliphatic carbocycles. The molecule has 0 aromatic heterocycles. The first kappa shape index (κ1) is 22.9. The summed E-state index contributed by atoms with van der Waals surface area (Å²) in [5.74, 6) is -1.21. The largest absolute Gasteiger partial charge is 0.478 e. The van der Waals surface area contributed by atoms with E-state index in [1.54, 1.807) is 13.0 Å². The van der Waals surface area contributed by atoms with Crippen LogP contribution >= 0.6 is 0 Å². The van der Waals surface area contributed by atoms with E-state index in [-0.39, 0.29) is 12.1 Å². The highest BCUT2D eigenvalue weighted by atomic mass is 16.6. The van der Waals surface area contributed by atoms with Crippen LogP contribution < -0.4 is 0 Å². The molecule has 0 radical (unpaired) electrons. The first-order valence-electron chi connectivity index (χ1n) is 7.15. The molecule has 6 heteroatoms. The summed E-state index contributed by atoms with van der Waals surface area (Å²) >= 11 is 0. The molecule has 1 saturated heterocycles. The second-order valence-electron chi connectivity index (χ2n) is 4.68. The van der Waals surface area contributed by atoms with Crippen LogP contribution in [0.1, 0.15) is 33.1 Å². The maximum absolute atomic E-state index is 10.7. The molecule has 1 aliphatic heterocycles. The molecule has 0 spiro atoms. The van der Waals surface area contributed by atoms with Crippen molar-refractivity contribution in [3.63, 3.8) is 0 Å². The molecule has 1 fully saturated rings. The van der Waals surface area contributed by atoms with Gasteiger partial charge < -0.3 is 14.6 Å². The Balaban J connectivity index is 0. The number of hydrogen-bond donors (Lipinski definition) is 1. The molecule has 0 aromatic carbocycles. The van der Waals surface area contributed by atoms with Crippen LogP contribution in [-0.2, 0) is 19.1 Å². The van der Waals surface area contributed by atoms with E-state index in [1.807, 2.05) is 6.92 Å². The van der Waals surface area contributed by atoms with Gasteiger partial charge in [-0.3, -0.25) is 0 Å². The lowest BCUT2D eigenvalue weighted by molar-refractivity contribution is -0.139. The first-order chi connectivity index (χ1) is 10.8. The maximum atomic E-state index is 10.7. The molecule has 23 heavy (non-hydrogen) atoms. The van der Waals surface area contributed by atoms with Gasteiger partial charge in [-0.05, 0) is 19.8 Å². The molecule has 0 bridgehead atoms. The Morgan fingerprint density at radius 3 is 2.30 bits per heavy atom. The maximum Gasteiger partial charge on any atom is 0.333 e. The highest BCUT2D eigenvalue weighted by molar-refractivity contribution is 5.87. The number of aliphatic carboxylic acids is 1. The van der Waals surface area contributed by atoms with Gasteiger partial charge in [0.25, 0.3) is 0 Å². The number of carboxylic acids is 1. The molecule has 1 N–H and O–H groups in total. The minimum atomic E-state index is -0.872. The number of carboxylic acid groups (broad SMARTS) is 1. The molecule has 6 nitrogen and oxygen atoms in total. The normalized spacial score (nSPS) is 13.7. The third-order valence-corrected chi connectivity index (χ3v) is 2.38. The van der Waals surface area contributed by atoms with Crippen molar-refractivity contribution >= 4 is 11.9 Å². The summed E-state index contributed by atoms with van der Waals surface area (Å²) in [6.07, 6.45) is 3.88. The fraction of sp³-hybridized carbons (Fsp3) is 0.471. The predicted octanol–water partition coefficient (Wildman–Crippen LogP) is 3.02. The van der Waals surface area contributed by atoms with Crippen molar-refractivity contribution in [2.45, 2.75) is 39.2 Å². The van der Waals surface area contributed by atoms with Crippen molar-refractivity contribution in [3.8, 4) is 6.07 Å². The number of unbranched alkanes of at least 4 members (excludes halogenated alkanes) is 1. The van der Waals surface area contributed by atoms with Crippen LogP contribution in [0.5, 0.6) is 0 Å². The van der Waals surface area contributed by atoms with E-state index in [4.69, 9.17) is 19.8 Å². The molecule has 0 saturated carbocycles. The van der Waals surface area contributed by atoms with Crippen molar-refractivity contribution in [2.24, 2.45) is 0 Å². The summed E-state index contributed by atoms with van der Waals surface area (Å²) in [5, 5.41) is 15.8. The lowest BCUT2D eigenvalue weighted by Crippen LogP contribution is -2.09. The van der Waals surface area contributed by atoms with Crippen molar-refractivity contribution < 1.29 is 24.2 Å². The molecule has 0 aromatic rings. The van der Waals surface area contributed by atoms with Crippen molar-refractivity contribution in [1.82, 2.24) is 0 Å². The van der Waals surface area contributed by atoms with Gasteiger partial charge in [-0.25, -0.2) is 9.59 Å². The second kappa shape index (κ2) is 14.5. The fourth-order valence-electron chi connectivity index (χ4n) is 0.953. The number of allylic oxidation sites excluding steroid dienone is 1. The Hall–Kier alpha value is -2.39. The molecule has 1 atom stereocenters. The van der Waals surface area contributed by atoms with Crippen LogP contribution in [0, 0.1) is 11.3 Å². The van der Waals surface area contributed by atoms with E-state index in [1.165, 1.54) is 6.08 Å². The van der Waals surface area contributed by atoms with Crippen molar-refractivity contribution in [2.75, 3.05) is 13.2 Å². The van der Waals surface area contributed by atoms with Crippen LogP contribution in [0.3, 0.4) is 0 Å². The molecule has 1 heterocycles. The monoisotopic (exact) mass is 323 g/mol. The van der Waals surface area contributed by atoms with Gasteiger partial charge in [0.05, 0.1) is 12.7 Å². The standard InChI is InChI=1S/C7H10O3.C7H12O2.C3H3N/c1-5(2)7(8)10-4-6-3-9-6;1-3-4-5-6(2)7(8)9;1-2-3-4/h6H,1,3-4H2,2H3;2-5H2,1H3,(H,8,9);2H,1H2. The summed E-state index contributed by atoms with van der Waals surface area (Å²) in [6, 6.07) is 1.69. The Morgan fingerprint density at radius 2 is 2.00 bits per heavy atom. The smallest absolute Gasteiger partial charge is 0.333 e. The highest BCUT2D eigenvalue weighted by Crippen LogP contribution is 2.09. The highest BCUT2D eigenvalue weighted by Gasteiger charge is 2.24. The Bertz CT molecular complexity index is 458. The van der Waals surface area contributed by atoms with E-state index in [2.05, 4.69) is 19.7 Å². The Morgan fingerprint density at radius 1 is 1.48 bits per heavy atom. The van der Waals surface area contributed by atoms with E-state index in [9.17, 15) is 9.59 Å². The van der Waals surface area contributed by atoms with E-state index in [0.29, 0.717) is 30.8 Å². The van der Waals surface area contributed by atoms with E-state index >= 15 is 0 Å². The second-order valence-corrected chi connectivity index (χ2v) is 4.68. The number of nitriles is 1. The number of ether oxygens (including phenoxy) is 2. The number of rotatable bonds is 7. The van der Waals surface area contributed by atoms with E-state index in [0.717, 1.165) is 12.8 Å². The van der Waals surface area contributed by atoms with Gasteiger partial charge in [0.2, 0.25) is 0 Å². The Kier molecular flexibility index (Phi) is 14.5.